The average molecular weight is 363 g/mol. The smallest absolute Gasteiger partial charge is 0.335 e. The second kappa shape index (κ2) is 9.77. The number of aromatic hydroxyl groups is 1. The van der Waals surface area contributed by atoms with Gasteiger partial charge in [0.15, 0.2) is 0 Å². The lowest BCUT2D eigenvalue weighted by Crippen LogP contribution is -2.03. The van der Waals surface area contributed by atoms with Crippen LogP contribution in [0, 0.1) is 0 Å². The third-order valence-corrected chi connectivity index (χ3v) is 4.09. The first kappa shape index (κ1) is 19.7. The Hall–Kier alpha value is -3.60. The Morgan fingerprint density at radius 1 is 0.852 bits per heavy atom. The molecule has 4 N–H and O–H groups in total. The highest BCUT2D eigenvalue weighted by atomic mass is 16.4. The number of aromatic carboxylic acids is 1. The van der Waals surface area contributed by atoms with Gasteiger partial charge in [-0.1, -0.05) is 54.6 Å². The first-order chi connectivity index (χ1) is 13.0. The molecule has 0 unspecified atom stereocenters. The normalized spacial score (nSPS) is 9.78. The van der Waals surface area contributed by atoms with Crippen molar-refractivity contribution in [2.24, 2.45) is 5.73 Å². The highest BCUT2D eigenvalue weighted by Crippen LogP contribution is 2.22. The molecule has 0 aromatic heterocycles. The number of primary amides is 1. The number of carboxylic acid groups (broad SMARTS) is 1. The molecule has 0 aliphatic rings. The summed E-state index contributed by atoms with van der Waals surface area (Å²) in [5, 5.41) is 18.6. The number of phenols is 1. The van der Waals surface area contributed by atoms with Crippen LogP contribution in [-0.4, -0.2) is 22.6 Å². The number of carbonyl (C=O) groups excluding carboxylic acids is 1. The van der Waals surface area contributed by atoms with Gasteiger partial charge in [0.2, 0.25) is 6.41 Å². The van der Waals surface area contributed by atoms with Crippen molar-refractivity contribution in [1.29, 1.82) is 0 Å². The van der Waals surface area contributed by atoms with Gasteiger partial charge in [-0.25, -0.2) is 4.79 Å². The minimum Gasteiger partial charge on any atom is -0.508 e. The Balaban J connectivity index is 0.000000817. The maximum absolute atomic E-state index is 11.2. The lowest BCUT2D eigenvalue weighted by Gasteiger charge is -2.07. The Bertz CT molecular complexity index is 887. The summed E-state index contributed by atoms with van der Waals surface area (Å²) in [5.41, 5.74) is 8.70. The lowest BCUT2D eigenvalue weighted by molar-refractivity contribution is -0.106. The number of carbonyl (C=O) groups is 2. The van der Waals surface area contributed by atoms with Crippen molar-refractivity contribution in [2.45, 2.75) is 12.8 Å². The maximum Gasteiger partial charge on any atom is 0.335 e. The molecule has 3 aromatic rings. The van der Waals surface area contributed by atoms with Crippen LogP contribution in [0.5, 0.6) is 5.75 Å². The molecule has 0 atom stereocenters. The lowest BCUT2D eigenvalue weighted by atomic mass is 9.98. The summed E-state index contributed by atoms with van der Waals surface area (Å²) in [7, 11) is 0. The van der Waals surface area contributed by atoms with E-state index in [0.717, 1.165) is 28.7 Å². The number of benzene rings is 3. The summed E-state index contributed by atoms with van der Waals surface area (Å²) in [6.07, 6.45) is 1.74. The molecule has 138 valence electrons. The number of aryl methyl sites for hydroxylation is 2. The molecule has 5 heteroatoms. The third-order valence-electron chi connectivity index (χ3n) is 4.09. The van der Waals surface area contributed by atoms with Crippen LogP contribution in [0.4, 0.5) is 0 Å². The molecular weight excluding hydrogens is 342 g/mol. The minimum absolute atomic E-state index is 0.250. The standard InChI is InChI=1S/C21H18O3.CH3NO/c22-19-13-11-17(12-14-19)16-8-5-15(6-9-16)7-10-18-3-1-2-4-20(18)21(23)24;2-1-3/h1-6,8-9,11-14,22H,7,10H2,(H,23,24);1H,(H2,2,3). The summed E-state index contributed by atoms with van der Waals surface area (Å²) in [5.74, 6) is -0.624. The quantitative estimate of drug-likeness (QED) is 0.602. The van der Waals surface area contributed by atoms with Gasteiger partial charge in [-0.3, -0.25) is 4.79 Å². The number of phenolic OH excluding ortho intramolecular Hbond substituents is 1. The molecule has 3 aromatic carbocycles. The van der Waals surface area contributed by atoms with E-state index < -0.39 is 5.97 Å². The fourth-order valence-electron chi connectivity index (χ4n) is 2.74. The molecular formula is C22H21NO4. The van der Waals surface area contributed by atoms with Crippen molar-refractivity contribution < 1.29 is 19.8 Å². The van der Waals surface area contributed by atoms with Crippen LogP contribution in [0.2, 0.25) is 0 Å². The van der Waals surface area contributed by atoms with E-state index in [1.54, 1.807) is 24.3 Å². The van der Waals surface area contributed by atoms with Gasteiger partial charge in [0.05, 0.1) is 5.56 Å². The molecule has 0 saturated heterocycles. The predicted molar refractivity (Wildman–Crippen MR) is 105 cm³/mol. The van der Waals surface area contributed by atoms with Crippen molar-refractivity contribution in [2.75, 3.05) is 0 Å². The van der Waals surface area contributed by atoms with E-state index in [-0.39, 0.29) is 12.2 Å². The first-order valence-corrected chi connectivity index (χ1v) is 8.40. The van der Waals surface area contributed by atoms with E-state index in [9.17, 15) is 15.0 Å². The summed E-state index contributed by atoms with van der Waals surface area (Å²) < 4.78 is 0. The van der Waals surface area contributed by atoms with Crippen LogP contribution in [-0.2, 0) is 17.6 Å². The maximum atomic E-state index is 11.2. The average Bonchev–Trinajstić information content (AvgIpc) is 2.68. The van der Waals surface area contributed by atoms with Crippen LogP contribution < -0.4 is 5.73 Å². The summed E-state index contributed by atoms with van der Waals surface area (Å²) in [6, 6.07) is 22.5. The second-order valence-electron chi connectivity index (χ2n) is 5.84. The van der Waals surface area contributed by atoms with Gasteiger partial charge in [-0.05, 0) is 53.3 Å². The fraction of sp³-hybridized carbons (Fsp3) is 0.0909. The molecule has 0 spiro atoms. The van der Waals surface area contributed by atoms with E-state index in [2.05, 4.69) is 17.9 Å². The fourth-order valence-corrected chi connectivity index (χ4v) is 2.74. The number of hydrogen-bond acceptors (Lipinski definition) is 3. The van der Waals surface area contributed by atoms with Crippen LogP contribution in [0.3, 0.4) is 0 Å². The molecule has 0 aliphatic heterocycles. The first-order valence-electron chi connectivity index (χ1n) is 8.40. The van der Waals surface area contributed by atoms with Crippen LogP contribution in [0.1, 0.15) is 21.5 Å². The van der Waals surface area contributed by atoms with Crippen molar-refractivity contribution in [3.63, 3.8) is 0 Å². The van der Waals surface area contributed by atoms with E-state index in [1.165, 1.54) is 0 Å². The largest absolute Gasteiger partial charge is 0.508 e. The SMILES string of the molecule is NC=O.O=C(O)c1ccccc1CCc1ccc(-c2ccc(O)cc2)cc1. The van der Waals surface area contributed by atoms with Crippen molar-refractivity contribution in [3.8, 4) is 16.9 Å². The van der Waals surface area contributed by atoms with Crippen molar-refractivity contribution in [3.05, 3.63) is 89.5 Å². The Kier molecular flexibility index (Phi) is 7.14. The Morgan fingerprint density at radius 2 is 1.37 bits per heavy atom. The minimum atomic E-state index is -0.881. The van der Waals surface area contributed by atoms with Crippen LogP contribution in [0.15, 0.2) is 72.8 Å². The molecule has 5 nitrogen and oxygen atoms in total. The topological polar surface area (TPSA) is 101 Å². The van der Waals surface area contributed by atoms with Gasteiger partial charge in [0, 0.05) is 0 Å². The molecule has 1 amide bonds. The Labute approximate surface area is 157 Å². The van der Waals surface area contributed by atoms with Crippen LogP contribution in [0.25, 0.3) is 11.1 Å². The summed E-state index contributed by atoms with van der Waals surface area (Å²) in [4.78, 5) is 19.8. The van der Waals surface area contributed by atoms with Crippen LogP contribution >= 0.6 is 0 Å². The van der Waals surface area contributed by atoms with Gasteiger partial charge in [-0.15, -0.1) is 0 Å². The van der Waals surface area contributed by atoms with E-state index in [1.807, 2.05) is 36.4 Å². The van der Waals surface area contributed by atoms with Crippen molar-refractivity contribution >= 4 is 12.4 Å². The van der Waals surface area contributed by atoms with E-state index in [4.69, 9.17) is 4.79 Å². The highest BCUT2D eigenvalue weighted by molar-refractivity contribution is 5.89. The Morgan fingerprint density at radius 3 is 1.93 bits per heavy atom. The van der Waals surface area contributed by atoms with Gasteiger partial charge >= 0.3 is 5.97 Å². The van der Waals surface area contributed by atoms with Gasteiger partial charge in [-0.2, -0.15) is 0 Å². The van der Waals surface area contributed by atoms with Gasteiger partial charge < -0.3 is 15.9 Å². The molecule has 0 bridgehead atoms. The molecule has 3 rings (SSSR count). The highest BCUT2D eigenvalue weighted by Gasteiger charge is 2.08. The zero-order valence-corrected chi connectivity index (χ0v) is 14.7. The molecule has 27 heavy (non-hydrogen) atoms. The summed E-state index contributed by atoms with van der Waals surface area (Å²) in [6.45, 7) is 0. The predicted octanol–water partition coefficient (Wildman–Crippen LogP) is 3.64. The van der Waals surface area contributed by atoms with Crippen molar-refractivity contribution in [1.82, 2.24) is 0 Å². The third kappa shape index (κ3) is 5.71. The summed E-state index contributed by atoms with van der Waals surface area (Å²) >= 11 is 0. The van der Waals surface area contributed by atoms with E-state index >= 15 is 0 Å². The molecule has 0 radical (unpaired) electrons. The van der Waals surface area contributed by atoms with E-state index in [0.29, 0.717) is 12.0 Å². The number of rotatable bonds is 5. The molecule has 0 aliphatic carbocycles. The van der Waals surface area contributed by atoms with Gasteiger partial charge in [0.1, 0.15) is 5.75 Å². The molecule has 0 heterocycles. The number of hydrogen-bond donors (Lipinski definition) is 3. The molecule has 0 saturated carbocycles. The van der Waals surface area contributed by atoms with Gasteiger partial charge in [0.25, 0.3) is 0 Å². The number of nitrogens with two attached hydrogens (primary N) is 1. The zero-order chi connectivity index (χ0) is 19.6. The number of carboxylic acids is 1. The number of amides is 1. The zero-order valence-electron chi connectivity index (χ0n) is 14.7. The second-order valence-corrected chi connectivity index (χ2v) is 5.84. The molecule has 0 fully saturated rings. The monoisotopic (exact) mass is 363 g/mol.